The zero-order valence-electron chi connectivity index (χ0n) is 3.61. The van der Waals surface area contributed by atoms with Gasteiger partial charge in [-0.3, -0.25) is 0 Å². The summed E-state index contributed by atoms with van der Waals surface area (Å²) in [5.41, 5.74) is 0. The molecule has 0 spiro atoms. The van der Waals surface area contributed by atoms with Crippen molar-refractivity contribution in [3.8, 4) is 0 Å². The molecule has 0 unspecified atom stereocenters. The predicted molar refractivity (Wildman–Crippen MR) is 29.4 cm³/mol. The molecule has 1 aliphatic rings. The molecule has 0 aromatic heterocycles. The van der Waals surface area contributed by atoms with Crippen molar-refractivity contribution in [2.45, 2.75) is 6.42 Å². The molecule has 0 atom stereocenters. The van der Waals surface area contributed by atoms with Crippen molar-refractivity contribution >= 4 is 11.8 Å². The highest BCUT2D eigenvalue weighted by molar-refractivity contribution is 8.01. The van der Waals surface area contributed by atoms with Gasteiger partial charge in [0.15, 0.2) is 0 Å². The van der Waals surface area contributed by atoms with Gasteiger partial charge in [-0.2, -0.15) is 0 Å². The summed E-state index contributed by atoms with van der Waals surface area (Å²) < 4.78 is 0. The van der Waals surface area contributed by atoms with Crippen LogP contribution >= 0.6 is 11.8 Å². The van der Waals surface area contributed by atoms with Crippen molar-refractivity contribution in [2.75, 3.05) is 12.3 Å². The fourth-order valence-corrected chi connectivity index (χ4v) is 1.10. The minimum absolute atomic E-state index is 1.17. The van der Waals surface area contributed by atoms with E-state index in [1.165, 1.54) is 18.7 Å². The Morgan fingerprint density at radius 1 is 1.67 bits per heavy atom. The van der Waals surface area contributed by atoms with Gasteiger partial charge in [0, 0.05) is 0 Å². The van der Waals surface area contributed by atoms with Crippen LogP contribution in [0.3, 0.4) is 0 Å². The maximum Gasteiger partial charge on any atom is 0.0782 e. The number of rotatable bonds is 0. The lowest BCUT2D eigenvalue weighted by molar-refractivity contribution is 0.785. The number of hydrogen-bond donors (Lipinski definition) is 1. The number of nitrogens with one attached hydrogen (secondary N) is 1. The van der Waals surface area contributed by atoms with Crippen LogP contribution in [0.4, 0.5) is 0 Å². The van der Waals surface area contributed by atoms with Gasteiger partial charge in [0.2, 0.25) is 0 Å². The molecule has 1 rings (SSSR count). The normalized spacial score (nSPS) is 24.0. The summed E-state index contributed by atoms with van der Waals surface area (Å²) in [6, 6.07) is 0. The molecular formula is C4H8NS. The third-order valence-corrected chi connectivity index (χ3v) is 1.61. The van der Waals surface area contributed by atoms with E-state index in [1.807, 2.05) is 11.8 Å². The second-order valence-corrected chi connectivity index (χ2v) is 2.27. The maximum atomic E-state index is 3.12. The Kier molecular flexibility index (Phi) is 1.85. The first-order valence-corrected chi connectivity index (χ1v) is 3.22. The summed E-state index contributed by atoms with van der Waals surface area (Å²) in [4.78, 5) is 0. The molecule has 0 amide bonds. The second kappa shape index (κ2) is 2.48. The van der Waals surface area contributed by atoms with E-state index < -0.39 is 0 Å². The lowest BCUT2D eigenvalue weighted by Crippen LogP contribution is -2.15. The zero-order valence-corrected chi connectivity index (χ0v) is 4.42. The monoisotopic (exact) mass is 102 g/mol. The summed E-state index contributed by atoms with van der Waals surface area (Å²) >= 11 is 1.86. The van der Waals surface area contributed by atoms with E-state index in [-0.39, 0.29) is 0 Å². The maximum absolute atomic E-state index is 3.12. The fourth-order valence-electron chi connectivity index (χ4n) is 0.434. The Hall–Kier alpha value is 0.310. The van der Waals surface area contributed by atoms with E-state index in [0.29, 0.717) is 0 Å². The molecule has 1 radical (unpaired) electrons. The van der Waals surface area contributed by atoms with E-state index in [1.54, 1.807) is 0 Å². The topological polar surface area (TPSA) is 12.0 Å². The van der Waals surface area contributed by atoms with Gasteiger partial charge in [-0.1, -0.05) is 0 Å². The molecule has 1 heterocycles. The molecule has 0 bridgehead atoms. The van der Waals surface area contributed by atoms with E-state index in [0.717, 1.165) is 0 Å². The van der Waals surface area contributed by atoms with E-state index >= 15 is 0 Å². The van der Waals surface area contributed by atoms with Crippen LogP contribution < -0.4 is 5.32 Å². The average Bonchev–Trinajstić information content (AvgIpc) is 1.72. The largest absolute Gasteiger partial charge is 0.303 e. The highest BCUT2D eigenvalue weighted by Crippen LogP contribution is 2.07. The van der Waals surface area contributed by atoms with Crippen LogP contribution in [0.1, 0.15) is 6.42 Å². The Balaban J connectivity index is 2.00. The van der Waals surface area contributed by atoms with Gasteiger partial charge in [-0.25, -0.2) is 0 Å². The van der Waals surface area contributed by atoms with Gasteiger partial charge < -0.3 is 5.32 Å². The van der Waals surface area contributed by atoms with Crippen LogP contribution in [0.2, 0.25) is 0 Å². The number of thioether (sulfide) groups is 1. The van der Waals surface area contributed by atoms with Gasteiger partial charge in [0.1, 0.15) is 0 Å². The second-order valence-electron chi connectivity index (χ2n) is 1.30. The minimum Gasteiger partial charge on any atom is -0.303 e. The Morgan fingerprint density at radius 3 is 2.83 bits per heavy atom. The molecule has 1 fully saturated rings. The molecule has 1 aliphatic heterocycles. The first kappa shape index (κ1) is 4.47. The zero-order chi connectivity index (χ0) is 4.24. The lowest BCUT2D eigenvalue weighted by atomic mass is 10.5. The fraction of sp³-hybridized carbons (Fsp3) is 0.750. The van der Waals surface area contributed by atoms with E-state index in [4.69, 9.17) is 0 Å². The highest BCUT2D eigenvalue weighted by Gasteiger charge is 1.94. The molecule has 1 N–H and O–H groups in total. The average molecular weight is 102 g/mol. The van der Waals surface area contributed by atoms with Crippen LogP contribution in [0.15, 0.2) is 0 Å². The van der Waals surface area contributed by atoms with Crippen LogP contribution in [-0.2, 0) is 0 Å². The Labute approximate surface area is 42.5 Å². The van der Waals surface area contributed by atoms with Crippen molar-refractivity contribution in [1.29, 1.82) is 0 Å². The SMILES string of the molecule is [CH]1NCCCS1. The highest BCUT2D eigenvalue weighted by atomic mass is 32.2. The molecule has 0 aliphatic carbocycles. The van der Waals surface area contributed by atoms with Crippen LogP contribution in [0.5, 0.6) is 0 Å². The van der Waals surface area contributed by atoms with Crippen molar-refractivity contribution in [3.63, 3.8) is 0 Å². The summed E-state index contributed by atoms with van der Waals surface area (Å²) in [5.74, 6) is 3.36. The van der Waals surface area contributed by atoms with Gasteiger partial charge in [0.05, 0.1) is 5.88 Å². The molecule has 35 valence electrons. The molecule has 2 heteroatoms. The van der Waals surface area contributed by atoms with Crippen molar-refractivity contribution in [1.82, 2.24) is 5.32 Å². The smallest absolute Gasteiger partial charge is 0.0782 e. The van der Waals surface area contributed by atoms with Crippen LogP contribution in [0, 0.1) is 5.88 Å². The number of hydrogen-bond acceptors (Lipinski definition) is 2. The van der Waals surface area contributed by atoms with Crippen molar-refractivity contribution < 1.29 is 0 Å². The molecule has 1 saturated heterocycles. The molecular weight excluding hydrogens is 94.1 g/mol. The molecule has 0 saturated carbocycles. The minimum atomic E-state index is 1.17. The molecule has 0 aromatic rings. The third kappa shape index (κ3) is 1.19. The summed E-state index contributed by atoms with van der Waals surface area (Å²) in [5, 5.41) is 3.12. The molecule has 6 heavy (non-hydrogen) atoms. The Morgan fingerprint density at radius 2 is 2.67 bits per heavy atom. The molecule has 0 aromatic carbocycles. The Bertz CT molecular complexity index is 23.0. The first-order chi connectivity index (χ1) is 3.00. The summed E-state index contributed by atoms with van der Waals surface area (Å²) in [6.07, 6.45) is 1.32. The van der Waals surface area contributed by atoms with Gasteiger partial charge in [0.25, 0.3) is 0 Å². The van der Waals surface area contributed by atoms with Crippen molar-refractivity contribution in [3.05, 3.63) is 5.88 Å². The third-order valence-electron chi connectivity index (χ3n) is 0.750. The summed E-state index contributed by atoms with van der Waals surface area (Å²) in [6.45, 7) is 1.17. The van der Waals surface area contributed by atoms with Crippen LogP contribution in [0.25, 0.3) is 0 Å². The van der Waals surface area contributed by atoms with E-state index in [2.05, 4.69) is 11.2 Å². The quantitative estimate of drug-likeness (QED) is 0.486. The van der Waals surface area contributed by atoms with Crippen LogP contribution in [-0.4, -0.2) is 12.3 Å². The van der Waals surface area contributed by atoms with Crippen molar-refractivity contribution in [2.24, 2.45) is 0 Å². The van der Waals surface area contributed by atoms with E-state index in [9.17, 15) is 0 Å². The van der Waals surface area contributed by atoms with Gasteiger partial charge >= 0.3 is 0 Å². The standard InChI is InChI=1S/C4H8NS/c1-2-5-4-6-3-1/h4-5H,1-3H2. The lowest BCUT2D eigenvalue weighted by Gasteiger charge is -2.07. The molecule has 1 nitrogen and oxygen atoms in total. The van der Waals surface area contributed by atoms with Gasteiger partial charge in [-0.05, 0) is 18.7 Å². The summed E-state index contributed by atoms with van der Waals surface area (Å²) in [7, 11) is 0. The first-order valence-electron chi connectivity index (χ1n) is 2.17. The predicted octanol–water partition coefficient (Wildman–Crippen LogP) is 0.832. The van der Waals surface area contributed by atoms with Gasteiger partial charge in [-0.15, -0.1) is 11.8 Å².